The number of hydrogen-bond donors (Lipinski definition) is 2. The second kappa shape index (κ2) is 9.16. The highest BCUT2D eigenvalue weighted by molar-refractivity contribution is 5.92. The number of rotatable bonds is 4. The molecule has 138 valence electrons. The number of hydrogen-bond acceptors (Lipinski definition) is 4. The van der Waals surface area contributed by atoms with Gasteiger partial charge in [0.2, 0.25) is 5.95 Å². The van der Waals surface area contributed by atoms with E-state index < -0.39 is 0 Å². The highest BCUT2D eigenvalue weighted by Crippen LogP contribution is 2.20. The predicted molar refractivity (Wildman–Crippen MR) is 101 cm³/mol. The number of nitrogens with one attached hydrogen (secondary N) is 2. The lowest BCUT2D eigenvalue weighted by atomic mass is 10.1. The van der Waals surface area contributed by atoms with Gasteiger partial charge >= 0.3 is 0 Å². The van der Waals surface area contributed by atoms with Gasteiger partial charge in [-0.1, -0.05) is 51.4 Å². The number of anilines is 1. The molecule has 0 radical (unpaired) electrons. The summed E-state index contributed by atoms with van der Waals surface area (Å²) in [6.07, 6.45) is 14.7. The van der Waals surface area contributed by atoms with Gasteiger partial charge < -0.3 is 10.6 Å². The molecule has 5 nitrogen and oxygen atoms in total. The molecule has 1 aromatic rings. The Labute approximate surface area is 151 Å². The maximum Gasteiger partial charge on any atom is 0.270 e. The zero-order valence-corrected chi connectivity index (χ0v) is 15.5. The van der Waals surface area contributed by atoms with Gasteiger partial charge in [-0.15, -0.1) is 0 Å². The summed E-state index contributed by atoms with van der Waals surface area (Å²) < 4.78 is 0. The van der Waals surface area contributed by atoms with Gasteiger partial charge in [0.1, 0.15) is 5.69 Å². The van der Waals surface area contributed by atoms with E-state index in [0.717, 1.165) is 18.5 Å². The molecule has 0 unspecified atom stereocenters. The van der Waals surface area contributed by atoms with Crippen LogP contribution in [0.3, 0.4) is 0 Å². The summed E-state index contributed by atoms with van der Waals surface area (Å²) in [5, 5.41) is 6.65. The van der Waals surface area contributed by atoms with E-state index in [1.54, 1.807) is 6.07 Å². The molecule has 0 aliphatic heterocycles. The van der Waals surface area contributed by atoms with E-state index in [-0.39, 0.29) is 5.91 Å². The standard InChI is InChI=1S/C20H32N4O/c1-15-14-18(19(25)22-16-10-6-2-3-7-11-16)24-20(21-15)23-17-12-8-4-5-9-13-17/h14,16-17H,2-13H2,1H3,(H,22,25)(H,21,23,24). The quantitative estimate of drug-likeness (QED) is 0.796. The van der Waals surface area contributed by atoms with Crippen LogP contribution in [0.2, 0.25) is 0 Å². The molecule has 1 amide bonds. The Hall–Kier alpha value is -1.65. The predicted octanol–water partition coefficient (Wildman–Crippen LogP) is 4.37. The van der Waals surface area contributed by atoms with E-state index in [1.165, 1.54) is 64.2 Å². The number of carbonyl (C=O) groups is 1. The van der Waals surface area contributed by atoms with Gasteiger partial charge in [0.05, 0.1) is 0 Å². The molecule has 3 rings (SSSR count). The molecule has 1 aromatic heterocycles. The molecule has 5 heteroatoms. The summed E-state index contributed by atoms with van der Waals surface area (Å²) in [5.41, 5.74) is 1.34. The molecule has 25 heavy (non-hydrogen) atoms. The average Bonchev–Trinajstić information content (AvgIpc) is 2.99. The Balaban J connectivity index is 1.64. The first-order valence-corrected chi connectivity index (χ1v) is 10.1. The normalized spacial score (nSPS) is 20.5. The number of amides is 1. The van der Waals surface area contributed by atoms with Gasteiger partial charge in [0, 0.05) is 17.8 Å². The van der Waals surface area contributed by atoms with Crippen molar-refractivity contribution < 1.29 is 4.79 Å². The summed E-state index contributed by atoms with van der Waals surface area (Å²) >= 11 is 0. The number of aryl methyl sites for hydroxylation is 1. The maximum absolute atomic E-state index is 12.6. The fourth-order valence-corrected chi connectivity index (χ4v) is 4.04. The first-order chi connectivity index (χ1) is 12.2. The molecule has 0 spiro atoms. The Kier molecular flexibility index (Phi) is 6.65. The molecule has 2 fully saturated rings. The van der Waals surface area contributed by atoms with Crippen molar-refractivity contribution in [3.8, 4) is 0 Å². The molecule has 0 aromatic carbocycles. The van der Waals surface area contributed by atoms with Crippen LogP contribution in [0.15, 0.2) is 6.07 Å². The highest BCUT2D eigenvalue weighted by atomic mass is 16.1. The van der Waals surface area contributed by atoms with Crippen LogP contribution in [0.4, 0.5) is 5.95 Å². The molecular formula is C20H32N4O. The van der Waals surface area contributed by atoms with Crippen LogP contribution in [0, 0.1) is 6.92 Å². The Morgan fingerprint density at radius 2 is 1.44 bits per heavy atom. The van der Waals surface area contributed by atoms with E-state index in [0.29, 0.717) is 23.7 Å². The van der Waals surface area contributed by atoms with Gasteiger partial charge in [0.15, 0.2) is 0 Å². The smallest absolute Gasteiger partial charge is 0.270 e. The van der Waals surface area contributed by atoms with Crippen molar-refractivity contribution >= 4 is 11.9 Å². The van der Waals surface area contributed by atoms with Crippen molar-refractivity contribution in [1.29, 1.82) is 0 Å². The molecule has 2 aliphatic rings. The highest BCUT2D eigenvalue weighted by Gasteiger charge is 2.19. The van der Waals surface area contributed by atoms with E-state index in [9.17, 15) is 4.79 Å². The minimum absolute atomic E-state index is 0.0543. The first-order valence-electron chi connectivity index (χ1n) is 10.1. The molecule has 0 bridgehead atoms. The van der Waals surface area contributed by atoms with Crippen LogP contribution >= 0.6 is 0 Å². The van der Waals surface area contributed by atoms with Crippen LogP contribution < -0.4 is 10.6 Å². The topological polar surface area (TPSA) is 66.9 Å². The number of aromatic nitrogens is 2. The van der Waals surface area contributed by atoms with Crippen molar-refractivity contribution in [2.75, 3.05) is 5.32 Å². The Morgan fingerprint density at radius 1 is 0.880 bits per heavy atom. The monoisotopic (exact) mass is 344 g/mol. The molecule has 0 saturated heterocycles. The fraction of sp³-hybridized carbons (Fsp3) is 0.750. The summed E-state index contributed by atoms with van der Waals surface area (Å²) in [4.78, 5) is 21.7. The lowest BCUT2D eigenvalue weighted by molar-refractivity contribution is 0.0928. The molecule has 2 saturated carbocycles. The molecule has 1 heterocycles. The maximum atomic E-state index is 12.6. The SMILES string of the molecule is Cc1cc(C(=O)NC2CCCCCC2)nc(NC2CCCCCC2)n1. The van der Waals surface area contributed by atoms with E-state index in [4.69, 9.17) is 0 Å². The van der Waals surface area contributed by atoms with Crippen LogP contribution in [0.5, 0.6) is 0 Å². The van der Waals surface area contributed by atoms with Gasteiger partial charge in [-0.05, 0) is 38.7 Å². The summed E-state index contributed by atoms with van der Waals surface area (Å²) in [6, 6.07) is 2.52. The van der Waals surface area contributed by atoms with Gasteiger partial charge in [0.25, 0.3) is 5.91 Å². The van der Waals surface area contributed by atoms with Crippen molar-refractivity contribution in [3.63, 3.8) is 0 Å². The van der Waals surface area contributed by atoms with Gasteiger partial charge in [-0.3, -0.25) is 4.79 Å². The average molecular weight is 345 g/mol. The molecule has 2 N–H and O–H groups in total. The molecule has 2 aliphatic carbocycles. The van der Waals surface area contributed by atoms with E-state index in [2.05, 4.69) is 20.6 Å². The third-order valence-corrected chi connectivity index (χ3v) is 5.47. The number of carbonyl (C=O) groups excluding carboxylic acids is 1. The zero-order valence-electron chi connectivity index (χ0n) is 15.5. The third kappa shape index (κ3) is 5.68. The largest absolute Gasteiger partial charge is 0.351 e. The van der Waals surface area contributed by atoms with E-state index >= 15 is 0 Å². The van der Waals surface area contributed by atoms with Crippen molar-refractivity contribution in [2.24, 2.45) is 0 Å². The Morgan fingerprint density at radius 3 is 2.04 bits per heavy atom. The lowest BCUT2D eigenvalue weighted by Gasteiger charge is -2.18. The second-order valence-electron chi connectivity index (χ2n) is 7.71. The zero-order chi connectivity index (χ0) is 17.5. The minimum Gasteiger partial charge on any atom is -0.351 e. The van der Waals surface area contributed by atoms with Gasteiger partial charge in [-0.2, -0.15) is 0 Å². The first kappa shape index (κ1) is 18.2. The lowest BCUT2D eigenvalue weighted by Crippen LogP contribution is -2.35. The second-order valence-corrected chi connectivity index (χ2v) is 7.71. The Bertz CT molecular complexity index is 559. The summed E-state index contributed by atoms with van der Waals surface area (Å²) in [5.74, 6) is 0.555. The molecular weight excluding hydrogens is 312 g/mol. The van der Waals surface area contributed by atoms with Crippen molar-refractivity contribution in [3.05, 3.63) is 17.5 Å². The summed E-state index contributed by atoms with van der Waals surface area (Å²) in [6.45, 7) is 1.93. The molecule has 0 atom stereocenters. The van der Waals surface area contributed by atoms with E-state index in [1.807, 2.05) is 6.92 Å². The van der Waals surface area contributed by atoms with Crippen molar-refractivity contribution in [2.45, 2.75) is 96.1 Å². The number of nitrogens with zero attached hydrogens (tertiary/aromatic N) is 2. The van der Waals surface area contributed by atoms with Crippen LogP contribution in [0.1, 0.15) is 93.2 Å². The third-order valence-electron chi connectivity index (χ3n) is 5.47. The fourth-order valence-electron chi connectivity index (χ4n) is 4.04. The van der Waals surface area contributed by atoms with Crippen LogP contribution in [0.25, 0.3) is 0 Å². The van der Waals surface area contributed by atoms with Gasteiger partial charge in [-0.25, -0.2) is 9.97 Å². The van der Waals surface area contributed by atoms with Crippen LogP contribution in [-0.4, -0.2) is 28.0 Å². The van der Waals surface area contributed by atoms with Crippen LogP contribution in [-0.2, 0) is 0 Å². The summed E-state index contributed by atoms with van der Waals surface area (Å²) in [7, 11) is 0. The minimum atomic E-state index is -0.0543. The van der Waals surface area contributed by atoms with Crippen molar-refractivity contribution in [1.82, 2.24) is 15.3 Å².